The van der Waals surface area contributed by atoms with Gasteiger partial charge in [-0.25, -0.2) is 4.39 Å². The van der Waals surface area contributed by atoms with Crippen LogP contribution in [0, 0.1) is 5.82 Å². The lowest BCUT2D eigenvalue weighted by Gasteiger charge is -2.35. The van der Waals surface area contributed by atoms with E-state index >= 15 is 0 Å². The lowest BCUT2D eigenvalue weighted by Crippen LogP contribution is -2.44. The molecule has 0 aliphatic carbocycles. The number of hydrogen-bond donors (Lipinski definition) is 0. The van der Waals surface area contributed by atoms with Gasteiger partial charge in [-0.1, -0.05) is 0 Å². The molecular formula is C15H17BrFNO2. The van der Waals surface area contributed by atoms with Crippen LogP contribution in [0.4, 0.5) is 4.39 Å². The van der Waals surface area contributed by atoms with Gasteiger partial charge in [0.25, 0.3) is 5.91 Å². The molecule has 0 radical (unpaired) electrons. The zero-order chi connectivity index (χ0) is 14.7. The van der Waals surface area contributed by atoms with Gasteiger partial charge < -0.3 is 4.90 Å². The van der Waals surface area contributed by atoms with Crippen molar-refractivity contribution in [2.75, 3.05) is 6.54 Å². The molecule has 1 aromatic rings. The van der Waals surface area contributed by atoms with Crippen LogP contribution in [0.5, 0.6) is 0 Å². The quantitative estimate of drug-likeness (QED) is 0.842. The summed E-state index contributed by atoms with van der Waals surface area (Å²) in [6, 6.07) is 4.23. The SMILES string of the molecule is CC(=O)CC1CCCCN1C(=O)c1ccc(F)c(Br)c1. The van der Waals surface area contributed by atoms with E-state index in [2.05, 4.69) is 15.9 Å². The normalized spacial score (nSPS) is 18.9. The number of ketones is 1. The summed E-state index contributed by atoms with van der Waals surface area (Å²) >= 11 is 3.09. The fraction of sp³-hybridized carbons (Fsp3) is 0.467. The van der Waals surface area contributed by atoms with Gasteiger partial charge in [0.1, 0.15) is 11.6 Å². The molecule has 108 valence electrons. The Hall–Kier alpha value is -1.23. The van der Waals surface area contributed by atoms with Gasteiger partial charge in [0.2, 0.25) is 0 Å². The molecule has 5 heteroatoms. The number of halogens is 2. The molecule has 20 heavy (non-hydrogen) atoms. The van der Waals surface area contributed by atoms with Gasteiger partial charge in [-0.3, -0.25) is 9.59 Å². The second-order valence-corrected chi connectivity index (χ2v) is 6.04. The zero-order valence-electron chi connectivity index (χ0n) is 11.4. The molecule has 1 amide bonds. The van der Waals surface area contributed by atoms with E-state index in [-0.39, 0.29) is 28.0 Å². The van der Waals surface area contributed by atoms with Crippen LogP contribution < -0.4 is 0 Å². The Bertz CT molecular complexity index is 533. The first kappa shape index (κ1) is 15.2. The lowest BCUT2D eigenvalue weighted by molar-refractivity contribution is -0.118. The van der Waals surface area contributed by atoms with E-state index in [0.717, 1.165) is 19.3 Å². The zero-order valence-corrected chi connectivity index (χ0v) is 13.0. The van der Waals surface area contributed by atoms with Crippen LogP contribution in [0.3, 0.4) is 0 Å². The van der Waals surface area contributed by atoms with Gasteiger partial charge in [-0.05, 0) is 60.3 Å². The van der Waals surface area contributed by atoms with Crippen molar-refractivity contribution < 1.29 is 14.0 Å². The predicted molar refractivity (Wildman–Crippen MR) is 78.1 cm³/mol. The monoisotopic (exact) mass is 341 g/mol. The number of Topliss-reactive ketones (excluding diaryl/α,β-unsaturated/α-hetero) is 1. The topological polar surface area (TPSA) is 37.4 Å². The Balaban J connectivity index is 2.20. The number of nitrogens with zero attached hydrogens (tertiary/aromatic N) is 1. The number of hydrogen-bond acceptors (Lipinski definition) is 2. The third-order valence-electron chi connectivity index (χ3n) is 3.58. The first-order chi connectivity index (χ1) is 9.49. The summed E-state index contributed by atoms with van der Waals surface area (Å²) in [5.74, 6) is -0.424. The van der Waals surface area contributed by atoms with Crippen molar-refractivity contribution in [1.29, 1.82) is 0 Å². The Kier molecular flexibility index (Phi) is 4.91. The largest absolute Gasteiger partial charge is 0.335 e. The molecule has 0 N–H and O–H groups in total. The van der Waals surface area contributed by atoms with Crippen molar-refractivity contribution in [1.82, 2.24) is 4.90 Å². The van der Waals surface area contributed by atoms with Gasteiger partial charge in [0, 0.05) is 24.6 Å². The number of likely N-dealkylation sites (tertiary alicyclic amines) is 1. The summed E-state index contributed by atoms with van der Waals surface area (Å²) in [5.41, 5.74) is 0.453. The molecule has 1 aromatic carbocycles. The summed E-state index contributed by atoms with van der Waals surface area (Å²) in [4.78, 5) is 25.6. The van der Waals surface area contributed by atoms with Crippen LogP contribution in [-0.2, 0) is 4.79 Å². The molecule has 0 bridgehead atoms. The standard InChI is InChI=1S/C15H17BrFNO2/c1-10(19)8-12-4-2-3-7-18(12)15(20)11-5-6-14(17)13(16)9-11/h5-6,9,12H,2-4,7-8H2,1H3. The molecule has 1 atom stereocenters. The maximum atomic E-state index is 13.2. The summed E-state index contributed by atoms with van der Waals surface area (Å²) in [6.45, 7) is 2.21. The van der Waals surface area contributed by atoms with E-state index in [1.54, 1.807) is 11.8 Å². The molecule has 1 unspecified atom stereocenters. The van der Waals surface area contributed by atoms with Crippen molar-refractivity contribution in [2.24, 2.45) is 0 Å². The van der Waals surface area contributed by atoms with Crippen LogP contribution in [0.2, 0.25) is 0 Å². The highest BCUT2D eigenvalue weighted by molar-refractivity contribution is 9.10. The Morgan fingerprint density at radius 3 is 2.80 bits per heavy atom. The van der Waals surface area contributed by atoms with Crippen LogP contribution in [-0.4, -0.2) is 29.2 Å². The number of rotatable bonds is 3. The third-order valence-corrected chi connectivity index (χ3v) is 4.19. The Morgan fingerprint density at radius 1 is 1.40 bits per heavy atom. The lowest BCUT2D eigenvalue weighted by atomic mass is 9.97. The molecule has 0 aromatic heterocycles. The van der Waals surface area contributed by atoms with Gasteiger partial charge in [-0.15, -0.1) is 0 Å². The van der Waals surface area contributed by atoms with Crippen molar-refractivity contribution in [3.63, 3.8) is 0 Å². The minimum Gasteiger partial charge on any atom is -0.335 e. The first-order valence-electron chi connectivity index (χ1n) is 6.74. The molecule has 0 spiro atoms. The van der Waals surface area contributed by atoms with Gasteiger partial charge in [-0.2, -0.15) is 0 Å². The molecule has 1 fully saturated rings. The van der Waals surface area contributed by atoms with Gasteiger partial charge >= 0.3 is 0 Å². The predicted octanol–water partition coefficient (Wildman–Crippen LogP) is 3.56. The van der Waals surface area contributed by atoms with E-state index in [1.165, 1.54) is 18.2 Å². The van der Waals surface area contributed by atoms with Gasteiger partial charge in [0.05, 0.1) is 4.47 Å². The number of piperidine rings is 1. The Morgan fingerprint density at radius 2 is 2.15 bits per heavy atom. The van der Waals surface area contributed by atoms with Crippen LogP contribution in [0.15, 0.2) is 22.7 Å². The summed E-state index contributed by atoms with van der Waals surface area (Å²) in [7, 11) is 0. The van der Waals surface area contributed by atoms with E-state index < -0.39 is 0 Å². The summed E-state index contributed by atoms with van der Waals surface area (Å²) in [5, 5.41) is 0. The molecule has 3 nitrogen and oxygen atoms in total. The fourth-order valence-electron chi connectivity index (χ4n) is 2.61. The highest BCUT2D eigenvalue weighted by Crippen LogP contribution is 2.24. The second-order valence-electron chi connectivity index (χ2n) is 5.18. The smallest absolute Gasteiger partial charge is 0.254 e. The molecule has 0 saturated carbocycles. The fourth-order valence-corrected chi connectivity index (χ4v) is 2.99. The summed E-state index contributed by atoms with van der Waals surface area (Å²) in [6.07, 6.45) is 3.24. The maximum Gasteiger partial charge on any atom is 0.254 e. The highest BCUT2D eigenvalue weighted by Gasteiger charge is 2.28. The number of amides is 1. The molecule has 1 heterocycles. The van der Waals surface area contributed by atoms with Crippen LogP contribution in [0.1, 0.15) is 43.0 Å². The number of carbonyl (C=O) groups is 2. The van der Waals surface area contributed by atoms with Crippen LogP contribution >= 0.6 is 15.9 Å². The molecule has 1 aliphatic rings. The van der Waals surface area contributed by atoms with E-state index in [9.17, 15) is 14.0 Å². The van der Waals surface area contributed by atoms with Crippen molar-refractivity contribution >= 4 is 27.6 Å². The number of carbonyl (C=O) groups excluding carboxylic acids is 2. The summed E-state index contributed by atoms with van der Waals surface area (Å²) < 4.78 is 13.5. The van der Waals surface area contributed by atoms with Crippen molar-refractivity contribution in [3.8, 4) is 0 Å². The van der Waals surface area contributed by atoms with Crippen molar-refractivity contribution in [2.45, 2.75) is 38.6 Å². The second kappa shape index (κ2) is 6.48. The maximum absolute atomic E-state index is 13.2. The molecule has 1 aliphatic heterocycles. The van der Waals surface area contributed by atoms with Crippen LogP contribution in [0.25, 0.3) is 0 Å². The minimum absolute atomic E-state index is 0.0300. The van der Waals surface area contributed by atoms with E-state index in [4.69, 9.17) is 0 Å². The third kappa shape index (κ3) is 3.45. The molecule has 1 saturated heterocycles. The average Bonchev–Trinajstić information content (AvgIpc) is 2.41. The van der Waals surface area contributed by atoms with E-state index in [1.807, 2.05) is 0 Å². The Labute approximate surface area is 126 Å². The van der Waals surface area contributed by atoms with Crippen molar-refractivity contribution in [3.05, 3.63) is 34.1 Å². The average molecular weight is 342 g/mol. The first-order valence-corrected chi connectivity index (χ1v) is 7.54. The van der Waals surface area contributed by atoms with E-state index in [0.29, 0.717) is 18.5 Å². The molecule has 2 rings (SSSR count). The molecular weight excluding hydrogens is 325 g/mol. The minimum atomic E-state index is -0.388. The number of benzene rings is 1. The highest BCUT2D eigenvalue weighted by atomic mass is 79.9. The van der Waals surface area contributed by atoms with Gasteiger partial charge in [0.15, 0.2) is 0 Å².